The molecule has 1 aliphatic heterocycles. The summed E-state index contributed by atoms with van der Waals surface area (Å²) >= 11 is 0. The highest BCUT2D eigenvalue weighted by Gasteiger charge is 2.21. The van der Waals surface area contributed by atoms with Crippen molar-refractivity contribution in [3.63, 3.8) is 0 Å². The molecule has 3 aromatic heterocycles. The van der Waals surface area contributed by atoms with Gasteiger partial charge in [-0.25, -0.2) is 14.3 Å². The van der Waals surface area contributed by atoms with Crippen LogP contribution in [0.3, 0.4) is 0 Å². The molecule has 8 nitrogen and oxygen atoms in total. The highest BCUT2D eigenvalue weighted by atomic mass is 16.1. The normalized spacial score (nSPS) is 15.7. The minimum absolute atomic E-state index is 0.135. The van der Waals surface area contributed by atoms with E-state index in [1.165, 1.54) is 11.1 Å². The number of fused-ring (bicyclic) bond motifs is 2. The molecule has 0 spiro atoms. The summed E-state index contributed by atoms with van der Waals surface area (Å²) in [5, 5.41) is 7.28. The molecule has 1 aliphatic rings. The fraction of sp³-hybridized carbons (Fsp3) is 0.333. The fourth-order valence-corrected chi connectivity index (χ4v) is 4.58. The van der Waals surface area contributed by atoms with Crippen LogP contribution in [0.15, 0.2) is 60.2 Å². The highest BCUT2D eigenvalue weighted by Crippen LogP contribution is 2.27. The van der Waals surface area contributed by atoms with Gasteiger partial charge in [-0.15, -0.1) is 6.58 Å². The van der Waals surface area contributed by atoms with Gasteiger partial charge < -0.3 is 10.6 Å². The topological polar surface area (TPSA) is 89.7 Å². The Morgan fingerprint density at radius 3 is 2.83 bits per heavy atom. The van der Waals surface area contributed by atoms with E-state index in [9.17, 15) is 4.79 Å². The second-order valence-corrected chi connectivity index (χ2v) is 10.0. The Morgan fingerprint density at radius 1 is 1.23 bits per heavy atom. The summed E-state index contributed by atoms with van der Waals surface area (Å²) in [7, 11) is 0. The number of rotatable bonds is 5. The van der Waals surface area contributed by atoms with E-state index in [1.54, 1.807) is 23.2 Å². The van der Waals surface area contributed by atoms with Crippen LogP contribution in [-0.4, -0.2) is 30.9 Å². The van der Waals surface area contributed by atoms with E-state index in [0.29, 0.717) is 29.6 Å². The SMILES string of the molecule is C=CCn1c(=O)c2cnc(Nc3ccc4c(c3)CCNC4C)nc2n1-c1ccnc(C(C)(C)C)c1. The van der Waals surface area contributed by atoms with Crippen LogP contribution in [0.25, 0.3) is 16.7 Å². The Morgan fingerprint density at radius 2 is 2.06 bits per heavy atom. The van der Waals surface area contributed by atoms with Crippen LogP contribution in [0.2, 0.25) is 0 Å². The van der Waals surface area contributed by atoms with Crippen molar-refractivity contribution >= 4 is 22.7 Å². The molecule has 0 bridgehead atoms. The molecule has 35 heavy (non-hydrogen) atoms. The summed E-state index contributed by atoms with van der Waals surface area (Å²) in [5.41, 5.74) is 5.56. The van der Waals surface area contributed by atoms with Gasteiger partial charge in [0.1, 0.15) is 5.39 Å². The standard InChI is InChI=1S/C27H31N7O/c1-6-13-33-25(35)22-16-30-26(31-19-7-8-21-17(2)28-11-9-18(21)14-19)32-24(22)34(33)20-10-12-29-23(15-20)27(3,4)5/h6-8,10,12,14-17,28H,1,9,11,13H2,2-5H3,(H,30,31,32). The lowest BCUT2D eigenvalue weighted by molar-refractivity contribution is 0.541. The molecule has 4 aromatic rings. The third-order valence-electron chi connectivity index (χ3n) is 6.44. The van der Waals surface area contributed by atoms with E-state index in [2.05, 4.69) is 67.0 Å². The molecule has 0 fully saturated rings. The zero-order chi connectivity index (χ0) is 24.7. The average Bonchev–Trinajstić information content (AvgIpc) is 3.10. The fourth-order valence-electron chi connectivity index (χ4n) is 4.58. The molecule has 0 aliphatic carbocycles. The van der Waals surface area contributed by atoms with Crippen LogP contribution >= 0.6 is 0 Å². The van der Waals surface area contributed by atoms with Gasteiger partial charge in [-0.3, -0.25) is 9.78 Å². The van der Waals surface area contributed by atoms with Gasteiger partial charge in [-0.1, -0.05) is 32.9 Å². The molecule has 8 heteroatoms. The van der Waals surface area contributed by atoms with Crippen molar-refractivity contribution in [3.05, 3.63) is 82.6 Å². The van der Waals surface area contributed by atoms with Crippen LogP contribution in [0.1, 0.15) is 50.6 Å². The Labute approximate surface area is 204 Å². The number of benzene rings is 1. The van der Waals surface area contributed by atoms with Crippen LogP contribution in [0.5, 0.6) is 0 Å². The van der Waals surface area contributed by atoms with Crippen molar-refractivity contribution in [3.8, 4) is 5.69 Å². The van der Waals surface area contributed by atoms with Gasteiger partial charge >= 0.3 is 0 Å². The van der Waals surface area contributed by atoms with Crippen molar-refractivity contribution in [2.45, 2.75) is 52.1 Å². The summed E-state index contributed by atoms with van der Waals surface area (Å²) in [4.78, 5) is 27.0. The first-order chi connectivity index (χ1) is 16.8. The third kappa shape index (κ3) is 4.25. The van der Waals surface area contributed by atoms with Crippen molar-refractivity contribution in [2.75, 3.05) is 11.9 Å². The predicted molar refractivity (Wildman–Crippen MR) is 140 cm³/mol. The molecule has 1 atom stereocenters. The number of hydrogen-bond acceptors (Lipinski definition) is 6. The zero-order valence-corrected chi connectivity index (χ0v) is 20.7. The van der Waals surface area contributed by atoms with Crippen molar-refractivity contribution in [1.82, 2.24) is 29.6 Å². The number of aromatic nitrogens is 5. The van der Waals surface area contributed by atoms with Gasteiger partial charge in [-0.2, -0.15) is 4.98 Å². The zero-order valence-electron chi connectivity index (χ0n) is 20.7. The van der Waals surface area contributed by atoms with E-state index in [1.807, 2.05) is 22.9 Å². The Balaban J connectivity index is 1.61. The van der Waals surface area contributed by atoms with Crippen LogP contribution in [0.4, 0.5) is 11.6 Å². The van der Waals surface area contributed by atoms with Gasteiger partial charge in [0.05, 0.1) is 12.2 Å². The van der Waals surface area contributed by atoms with Gasteiger partial charge in [-0.05, 0) is 55.3 Å². The van der Waals surface area contributed by atoms with Gasteiger partial charge in [0.25, 0.3) is 5.56 Å². The molecule has 0 amide bonds. The second kappa shape index (κ2) is 8.78. The van der Waals surface area contributed by atoms with Crippen molar-refractivity contribution in [2.24, 2.45) is 0 Å². The first-order valence-electron chi connectivity index (χ1n) is 12.0. The predicted octanol–water partition coefficient (Wildman–Crippen LogP) is 4.41. The lowest BCUT2D eigenvalue weighted by Gasteiger charge is -2.24. The first-order valence-corrected chi connectivity index (χ1v) is 12.0. The molecule has 2 N–H and O–H groups in total. The second-order valence-electron chi connectivity index (χ2n) is 10.0. The number of hydrogen-bond donors (Lipinski definition) is 2. The summed E-state index contributed by atoms with van der Waals surface area (Å²) in [6.45, 7) is 13.7. The van der Waals surface area contributed by atoms with E-state index in [0.717, 1.165) is 30.0 Å². The quantitative estimate of drug-likeness (QED) is 0.421. The van der Waals surface area contributed by atoms with E-state index in [-0.39, 0.29) is 11.0 Å². The summed E-state index contributed by atoms with van der Waals surface area (Å²) in [6.07, 6.45) is 6.06. The maximum absolute atomic E-state index is 13.2. The van der Waals surface area contributed by atoms with Gasteiger partial charge in [0.15, 0.2) is 5.65 Å². The van der Waals surface area contributed by atoms with Crippen LogP contribution in [-0.2, 0) is 18.4 Å². The molecular weight excluding hydrogens is 438 g/mol. The number of pyridine rings is 1. The maximum atomic E-state index is 13.2. The van der Waals surface area contributed by atoms with Crippen molar-refractivity contribution in [1.29, 1.82) is 0 Å². The summed E-state index contributed by atoms with van der Waals surface area (Å²) in [6, 6.07) is 10.6. The molecule has 0 saturated heterocycles. The minimum Gasteiger partial charge on any atom is -0.324 e. The van der Waals surface area contributed by atoms with E-state index in [4.69, 9.17) is 4.98 Å². The van der Waals surface area contributed by atoms with Crippen LogP contribution < -0.4 is 16.2 Å². The Kier molecular flexibility index (Phi) is 5.76. The van der Waals surface area contributed by atoms with Gasteiger partial charge in [0.2, 0.25) is 5.95 Å². The van der Waals surface area contributed by atoms with Gasteiger partial charge in [0, 0.05) is 35.2 Å². The summed E-state index contributed by atoms with van der Waals surface area (Å²) < 4.78 is 3.47. The molecule has 0 saturated carbocycles. The maximum Gasteiger partial charge on any atom is 0.278 e. The number of allylic oxidation sites excluding steroid dienone is 1. The number of nitrogens with one attached hydrogen (secondary N) is 2. The average molecular weight is 470 g/mol. The highest BCUT2D eigenvalue weighted by molar-refractivity contribution is 5.77. The first kappa shape index (κ1) is 23.0. The molecule has 5 rings (SSSR count). The molecule has 1 unspecified atom stereocenters. The Bertz CT molecular complexity index is 1480. The molecule has 180 valence electrons. The van der Waals surface area contributed by atoms with Crippen LogP contribution in [0, 0.1) is 0 Å². The third-order valence-corrected chi connectivity index (χ3v) is 6.44. The number of nitrogens with zero attached hydrogens (tertiary/aromatic N) is 5. The largest absolute Gasteiger partial charge is 0.324 e. The van der Waals surface area contributed by atoms with E-state index >= 15 is 0 Å². The lowest BCUT2D eigenvalue weighted by Crippen LogP contribution is -2.27. The molecule has 0 radical (unpaired) electrons. The van der Waals surface area contributed by atoms with Crippen molar-refractivity contribution < 1.29 is 0 Å². The molecule has 4 heterocycles. The smallest absolute Gasteiger partial charge is 0.278 e. The molecular formula is C27H31N7O. The minimum atomic E-state index is -0.157. The summed E-state index contributed by atoms with van der Waals surface area (Å²) in [5.74, 6) is 0.439. The van der Waals surface area contributed by atoms with E-state index < -0.39 is 0 Å². The monoisotopic (exact) mass is 469 g/mol. The number of anilines is 2. The Hall–Kier alpha value is -3.78. The lowest BCUT2D eigenvalue weighted by atomic mass is 9.91. The molecule has 1 aromatic carbocycles.